The lowest BCUT2D eigenvalue weighted by Gasteiger charge is -2.19. The number of anilines is 1. The van der Waals surface area contributed by atoms with Crippen molar-refractivity contribution in [3.8, 4) is 0 Å². The predicted octanol–water partition coefficient (Wildman–Crippen LogP) is 2.92. The number of aryl methyl sites for hydroxylation is 1. The summed E-state index contributed by atoms with van der Waals surface area (Å²) >= 11 is 0. The van der Waals surface area contributed by atoms with Crippen molar-refractivity contribution in [2.75, 3.05) is 32.6 Å². The maximum absolute atomic E-state index is 4.43. The minimum atomic E-state index is 0.412. The van der Waals surface area contributed by atoms with Gasteiger partial charge in [-0.05, 0) is 24.5 Å². The zero-order valence-corrected chi connectivity index (χ0v) is 15.9. The summed E-state index contributed by atoms with van der Waals surface area (Å²) in [6.07, 6.45) is 1.81. The Morgan fingerprint density at radius 1 is 1.16 bits per heavy atom. The highest BCUT2D eigenvalue weighted by atomic mass is 15.2. The zero-order valence-electron chi connectivity index (χ0n) is 15.9. The number of hydrogen-bond donors (Lipinski definition) is 2. The van der Waals surface area contributed by atoms with E-state index in [0.717, 1.165) is 23.9 Å². The van der Waals surface area contributed by atoms with Crippen molar-refractivity contribution >= 4 is 11.8 Å². The van der Waals surface area contributed by atoms with E-state index >= 15 is 0 Å². The molecule has 134 valence electrons. The van der Waals surface area contributed by atoms with Crippen LogP contribution in [0.3, 0.4) is 0 Å². The summed E-state index contributed by atoms with van der Waals surface area (Å²) in [6, 6.07) is 12.7. The molecule has 25 heavy (non-hydrogen) atoms. The fourth-order valence-electron chi connectivity index (χ4n) is 2.63. The molecule has 5 nitrogen and oxygen atoms in total. The molecule has 1 aromatic carbocycles. The predicted molar refractivity (Wildman–Crippen MR) is 106 cm³/mol. The first-order valence-corrected chi connectivity index (χ1v) is 8.63. The molecule has 0 amide bonds. The fraction of sp³-hybridized carbons (Fsp3) is 0.400. The Hall–Kier alpha value is -2.56. The van der Waals surface area contributed by atoms with Crippen molar-refractivity contribution in [1.29, 1.82) is 0 Å². The summed E-state index contributed by atoms with van der Waals surface area (Å²) in [5.74, 6) is 2.18. The molecule has 2 N–H and O–H groups in total. The number of nitrogens with zero attached hydrogens (tertiary/aromatic N) is 3. The van der Waals surface area contributed by atoms with E-state index < -0.39 is 0 Å². The summed E-state index contributed by atoms with van der Waals surface area (Å²) in [5.41, 5.74) is 3.76. The second kappa shape index (κ2) is 9.06. The molecule has 5 heteroatoms. The lowest BCUT2D eigenvalue weighted by Crippen LogP contribution is -2.38. The van der Waals surface area contributed by atoms with Crippen molar-refractivity contribution in [2.24, 2.45) is 4.99 Å². The van der Waals surface area contributed by atoms with Crippen LogP contribution in [0.15, 0.2) is 47.6 Å². The first-order chi connectivity index (χ1) is 12.0. The Labute approximate surface area is 151 Å². The van der Waals surface area contributed by atoms with Crippen LogP contribution >= 0.6 is 0 Å². The van der Waals surface area contributed by atoms with Crippen LogP contribution < -0.4 is 15.5 Å². The van der Waals surface area contributed by atoms with E-state index in [4.69, 9.17) is 0 Å². The minimum absolute atomic E-state index is 0.412. The van der Waals surface area contributed by atoms with Crippen LogP contribution in [0.2, 0.25) is 0 Å². The highest BCUT2D eigenvalue weighted by Gasteiger charge is 2.08. The van der Waals surface area contributed by atoms with Gasteiger partial charge >= 0.3 is 0 Å². The van der Waals surface area contributed by atoms with Gasteiger partial charge in [-0.25, -0.2) is 4.98 Å². The van der Waals surface area contributed by atoms with Crippen molar-refractivity contribution in [3.63, 3.8) is 0 Å². The lowest BCUT2D eigenvalue weighted by atomic mass is 10.0. The summed E-state index contributed by atoms with van der Waals surface area (Å²) in [5, 5.41) is 6.78. The van der Waals surface area contributed by atoms with Crippen LogP contribution in [0, 0.1) is 6.92 Å². The van der Waals surface area contributed by atoms with E-state index in [1.165, 1.54) is 11.1 Å². The van der Waals surface area contributed by atoms with Gasteiger partial charge in [0.15, 0.2) is 5.96 Å². The Balaban J connectivity index is 1.90. The molecule has 0 aliphatic rings. The third-order valence-electron chi connectivity index (χ3n) is 4.18. The largest absolute Gasteiger partial charge is 0.362 e. The minimum Gasteiger partial charge on any atom is -0.362 e. The van der Waals surface area contributed by atoms with E-state index in [9.17, 15) is 0 Å². The molecule has 0 saturated heterocycles. The van der Waals surface area contributed by atoms with Crippen LogP contribution in [0.1, 0.15) is 29.5 Å². The molecule has 0 aliphatic carbocycles. The normalized spacial score (nSPS) is 12.6. The number of guanidine groups is 1. The van der Waals surface area contributed by atoms with E-state index in [-0.39, 0.29) is 0 Å². The van der Waals surface area contributed by atoms with Crippen molar-refractivity contribution in [3.05, 3.63) is 59.3 Å². The number of rotatable bonds is 6. The van der Waals surface area contributed by atoms with Gasteiger partial charge in [0.05, 0.1) is 0 Å². The Bertz CT molecular complexity index is 691. The quantitative estimate of drug-likeness (QED) is 0.628. The zero-order chi connectivity index (χ0) is 18.2. The second-order valence-corrected chi connectivity index (χ2v) is 6.50. The Morgan fingerprint density at radius 2 is 1.88 bits per heavy atom. The number of pyridine rings is 1. The van der Waals surface area contributed by atoms with E-state index in [1.54, 1.807) is 7.05 Å². The topological polar surface area (TPSA) is 52.6 Å². The summed E-state index contributed by atoms with van der Waals surface area (Å²) in [7, 11) is 5.80. The number of aromatic nitrogens is 1. The molecule has 2 aromatic rings. The van der Waals surface area contributed by atoms with Gasteiger partial charge < -0.3 is 15.5 Å². The fourth-order valence-corrected chi connectivity index (χ4v) is 2.63. The first kappa shape index (κ1) is 18.8. The van der Waals surface area contributed by atoms with E-state index in [2.05, 4.69) is 64.8 Å². The average molecular weight is 339 g/mol. The molecule has 1 unspecified atom stereocenters. The monoisotopic (exact) mass is 339 g/mol. The third-order valence-corrected chi connectivity index (χ3v) is 4.18. The molecule has 0 bridgehead atoms. The summed E-state index contributed by atoms with van der Waals surface area (Å²) < 4.78 is 0. The van der Waals surface area contributed by atoms with E-state index in [0.29, 0.717) is 12.5 Å². The third kappa shape index (κ3) is 5.48. The van der Waals surface area contributed by atoms with Gasteiger partial charge in [-0.1, -0.05) is 42.8 Å². The maximum Gasteiger partial charge on any atom is 0.191 e. The van der Waals surface area contributed by atoms with Gasteiger partial charge in [-0.2, -0.15) is 0 Å². The molecule has 0 saturated carbocycles. The number of aliphatic imine (C=N–C) groups is 1. The maximum atomic E-state index is 4.43. The highest BCUT2D eigenvalue weighted by Crippen LogP contribution is 2.15. The number of benzene rings is 1. The van der Waals surface area contributed by atoms with Crippen LogP contribution in [0.5, 0.6) is 0 Å². The van der Waals surface area contributed by atoms with Crippen LogP contribution in [-0.2, 0) is 6.54 Å². The standard InChI is InChI=1S/C20H29N5/c1-15-8-10-17(11-9-15)16(2)13-23-20(21-3)24-14-18-7-6-12-22-19(18)25(4)5/h6-12,16H,13-14H2,1-5H3,(H2,21,23,24). The molecular formula is C20H29N5. The van der Waals surface area contributed by atoms with Gasteiger partial charge in [0, 0.05) is 46.0 Å². The number of hydrogen-bond acceptors (Lipinski definition) is 3. The molecular weight excluding hydrogens is 310 g/mol. The highest BCUT2D eigenvalue weighted by molar-refractivity contribution is 5.79. The molecule has 0 spiro atoms. The molecule has 2 rings (SSSR count). The van der Waals surface area contributed by atoms with Gasteiger partial charge in [-0.3, -0.25) is 4.99 Å². The summed E-state index contributed by atoms with van der Waals surface area (Å²) in [4.78, 5) is 10.8. The van der Waals surface area contributed by atoms with Gasteiger partial charge in [0.2, 0.25) is 0 Å². The summed E-state index contributed by atoms with van der Waals surface area (Å²) in [6.45, 7) is 5.84. The van der Waals surface area contributed by atoms with Crippen molar-refractivity contribution in [1.82, 2.24) is 15.6 Å². The molecule has 0 fully saturated rings. The van der Waals surface area contributed by atoms with Crippen LogP contribution in [0.4, 0.5) is 5.82 Å². The SMILES string of the molecule is CN=C(NCc1cccnc1N(C)C)NCC(C)c1ccc(C)cc1. The van der Waals surface area contributed by atoms with Gasteiger partial charge in [-0.15, -0.1) is 0 Å². The number of nitrogens with one attached hydrogen (secondary N) is 2. The van der Waals surface area contributed by atoms with Crippen molar-refractivity contribution < 1.29 is 0 Å². The van der Waals surface area contributed by atoms with Gasteiger partial charge in [0.1, 0.15) is 5.82 Å². The molecule has 0 radical (unpaired) electrons. The van der Waals surface area contributed by atoms with E-state index in [1.807, 2.05) is 31.3 Å². The molecule has 0 aliphatic heterocycles. The van der Waals surface area contributed by atoms with Crippen LogP contribution in [0.25, 0.3) is 0 Å². The first-order valence-electron chi connectivity index (χ1n) is 8.63. The molecule has 1 heterocycles. The lowest BCUT2D eigenvalue weighted by molar-refractivity contribution is 0.698. The Kier molecular flexibility index (Phi) is 6.81. The smallest absolute Gasteiger partial charge is 0.191 e. The Morgan fingerprint density at radius 3 is 2.52 bits per heavy atom. The van der Waals surface area contributed by atoms with Gasteiger partial charge in [0.25, 0.3) is 0 Å². The second-order valence-electron chi connectivity index (χ2n) is 6.50. The van der Waals surface area contributed by atoms with Crippen molar-refractivity contribution in [2.45, 2.75) is 26.3 Å². The average Bonchev–Trinajstić information content (AvgIpc) is 2.62. The molecule has 1 aromatic heterocycles. The van der Waals surface area contributed by atoms with Crippen LogP contribution in [-0.4, -0.2) is 38.6 Å². The molecule has 1 atom stereocenters.